The van der Waals surface area contributed by atoms with Gasteiger partial charge in [0.2, 0.25) is 5.91 Å². The number of carbonyl (C=O) groups is 1. The third-order valence-corrected chi connectivity index (χ3v) is 12.4. The first-order valence-corrected chi connectivity index (χ1v) is 15.4. The van der Waals surface area contributed by atoms with Crippen LogP contribution in [0.5, 0.6) is 11.5 Å². The Kier molecular flexibility index (Phi) is 4.72. The molecular formula is C32H40N2O5. The molecule has 9 aliphatic rings. The number of aliphatic hydroxyl groups is 1. The van der Waals surface area contributed by atoms with Crippen molar-refractivity contribution in [3.8, 4) is 11.5 Å². The van der Waals surface area contributed by atoms with E-state index in [0.717, 1.165) is 81.9 Å². The van der Waals surface area contributed by atoms with Crippen LogP contribution in [0.15, 0.2) is 23.8 Å². The van der Waals surface area contributed by atoms with Crippen LogP contribution in [0.2, 0.25) is 0 Å². The minimum absolute atomic E-state index is 0.125. The number of rotatable bonds is 4. The van der Waals surface area contributed by atoms with E-state index in [4.69, 9.17) is 14.2 Å². The van der Waals surface area contributed by atoms with Crippen molar-refractivity contribution in [2.75, 3.05) is 33.4 Å². The van der Waals surface area contributed by atoms with Gasteiger partial charge in [0.1, 0.15) is 6.10 Å². The number of likely N-dealkylation sites (tertiary alicyclic amines) is 1. The highest BCUT2D eigenvalue weighted by molar-refractivity contribution is 5.89. The fraction of sp³-hybridized carbons (Fsp3) is 0.719. The Morgan fingerprint density at radius 3 is 2.77 bits per heavy atom. The van der Waals surface area contributed by atoms with Gasteiger partial charge in [-0.3, -0.25) is 9.69 Å². The zero-order chi connectivity index (χ0) is 26.1. The summed E-state index contributed by atoms with van der Waals surface area (Å²) in [4.78, 5) is 18.3. The smallest absolute Gasteiger partial charge is 0.246 e. The van der Waals surface area contributed by atoms with E-state index in [0.29, 0.717) is 13.2 Å². The summed E-state index contributed by atoms with van der Waals surface area (Å²) in [6, 6.07) is 4.63. The summed E-state index contributed by atoms with van der Waals surface area (Å²) in [5.41, 5.74) is 2.31. The van der Waals surface area contributed by atoms with Gasteiger partial charge in [0.15, 0.2) is 11.5 Å². The number of piperidine rings is 2. The number of morpholine rings is 1. The van der Waals surface area contributed by atoms with Crippen molar-refractivity contribution >= 4 is 5.91 Å². The van der Waals surface area contributed by atoms with Crippen LogP contribution in [0.25, 0.3) is 0 Å². The van der Waals surface area contributed by atoms with Crippen molar-refractivity contribution in [2.45, 2.75) is 99.5 Å². The van der Waals surface area contributed by atoms with Crippen LogP contribution in [-0.2, 0) is 21.4 Å². The van der Waals surface area contributed by atoms with E-state index in [-0.39, 0.29) is 35.6 Å². The van der Waals surface area contributed by atoms with Gasteiger partial charge in [-0.05, 0) is 88.3 Å². The minimum Gasteiger partial charge on any atom is -0.493 e. The minimum atomic E-state index is -0.825. The lowest BCUT2D eigenvalue weighted by Gasteiger charge is -2.68. The molecule has 0 radical (unpaired) electrons. The van der Waals surface area contributed by atoms with Gasteiger partial charge in [0.05, 0.1) is 36.9 Å². The number of hydrogen-bond acceptors (Lipinski definition) is 6. The fourth-order valence-corrected chi connectivity index (χ4v) is 10.2. The molecule has 4 saturated heterocycles. The summed E-state index contributed by atoms with van der Waals surface area (Å²) < 4.78 is 18.8. The lowest BCUT2D eigenvalue weighted by Crippen LogP contribution is -2.78. The van der Waals surface area contributed by atoms with Crippen LogP contribution >= 0.6 is 0 Å². The normalized spacial score (nSPS) is 44.3. The molecule has 1 aromatic rings. The van der Waals surface area contributed by atoms with E-state index in [2.05, 4.69) is 21.9 Å². The maximum absolute atomic E-state index is 13.7. The predicted octanol–water partition coefficient (Wildman–Crippen LogP) is 3.36. The highest BCUT2D eigenvalue weighted by atomic mass is 16.5. The number of amides is 1. The van der Waals surface area contributed by atoms with E-state index in [1.54, 1.807) is 7.11 Å². The molecule has 7 nitrogen and oxygen atoms in total. The van der Waals surface area contributed by atoms with Crippen LogP contribution in [0.3, 0.4) is 0 Å². The first-order valence-electron chi connectivity index (χ1n) is 15.4. The molecule has 1 amide bonds. The summed E-state index contributed by atoms with van der Waals surface area (Å²) >= 11 is 0. The Bertz CT molecular complexity index is 1280. The monoisotopic (exact) mass is 532 g/mol. The van der Waals surface area contributed by atoms with Crippen molar-refractivity contribution in [3.63, 3.8) is 0 Å². The Morgan fingerprint density at radius 1 is 1.18 bits per heavy atom. The van der Waals surface area contributed by atoms with Gasteiger partial charge in [0.25, 0.3) is 0 Å². The number of nitrogens with zero attached hydrogens (tertiary/aromatic N) is 2. The average Bonchev–Trinajstić information content (AvgIpc) is 3.70. The van der Waals surface area contributed by atoms with Gasteiger partial charge < -0.3 is 24.2 Å². The van der Waals surface area contributed by atoms with Gasteiger partial charge in [0, 0.05) is 36.2 Å². The molecule has 5 heterocycles. The molecule has 10 rings (SSSR count). The van der Waals surface area contributed by atoms with Gasteiger partial charge in [-0.1, -0.05) is 11.6 Å². The molecular weight excluding hydrogens is 492 g/mol. The molecule has 7 atom stereocenters. The number of methoxy groups -OCH3 is 1. The highest BCUT2D eigenvalue weighted by Gasteiger charge is 2.77. The Hall–Kier alpha value is -2.09. The second kappa shape index (κ2) is 7.80. The number of ether oxygens (including phenoxy) is 3. The number of carbonyl (C=O) groups excluding carboxylic acids is 1. The zero-order valence-electron chi connectivity index (χ0n) is 23.0. The second-order valence-electron chi connectivity index (χ2n) is 13.9. The first-order chi connectivity index (χ1) is 19.0. The lowest BCUT2D eigenvalue weighted by atomic mass is 9.40. The van der Waals surface area contributed by atoms with E-state index in [9.17, 15) is 9.90 Å². The van der Waals surface area contributed by atoms with Crippen LogP contribution in [0.4, 0.5) is 0 Å². The summed E-state index contributed by atoms with van der Waals surface area (Å²) in [6.07, 6.45) is 12.1. The molecule has 3 saturated carbocycles. The van der Waals surface area contributed by atoms with Gasteiger partial charge in [-0.25, -0.2) is 0 Å². The largest absolute Gasteiger partial charge is 0.493 e. The Labute approximate surface area is 230 Å². The first kappa shape index (κ1) is 23.6. The molecule has 0 aromatic heterocycles. The summed E-state index contributed by atoms with van der Waals surface area (Å²) in [5, 5.41) is 12.9. The molecule has 7 fully saturated rings. The van der Waals surface area contributed by atoms with Crippen LogP contribution in [-0.4, -0.2) is 84.1 Å². The van der Waals surface area contributed by atoms with Crippen LogP contribution in [0.1, 0.15) is 68.9 Å². The van der Waals surface area contributed by atoms with Crippen molar-refractivity contribution in [1.82, 2.24) is 9.80 Å². The quantitative estimate of drug-likeness (QED) is 0.600. The van der Waals surface area contributed by atoms with E-state index in [1.807, 2.05) is 6.08 Å². The lowest BCUT2D eigenvalue weighted by molar-refractivity contribution is -0.218. The zero-order valence-corrected chi connectivity index (χ0v) is 23.0. The van der Waals surface area contributed by atoms with Crippen molar-refractivity contribution in [1.29, 1.82) is 0 Å². The molecule has 1 N–H and O–H groups in total. The molecule has 2 unspecified atom stereocenters. The summed E-state index contributed by atoms with van der Waals surface area (Å²) in [7, 11) is 1.72. The standard InChI is InChI=1S/C32H40N2O5/c1-37-24-7-4-20-14-25-32(36)11-10-30(9-8-21(30)15-26(35)34-17-23-6-5-22(34)18-38-23)29-31(32,27(20)28(24)39-29)12-13-33(25)16-19-2-3-19/h4,7,15,19,22-23,25,29,36H,2-3,5-6,8-14,16-18H2,1H3/b21-15+/t22?,23?,25-,29+,30+,31+,32-/m1/s1. The van der Waals surface area contributed by atoms with E-state index in [1.165, 1.54) is 29.5 Å². The molecule has 39 heavy (non-hydrogen) atoms. The number of benzene rings is 1. The predicted molar refractivity (Wildman–Crippen MR) is 144 cm³/mol. The number of hydrogen-bond donors (Lipinski definition) is 1. The maximum Gasteiger partial charge on any atom is 0.246 e. The molecule has 2 spiro atoms. The average molecular weight is 533 g/mol. The fourth-order valence-electron chi connectivity index (χ4n) is 10.2. The third kappa shape index (κ3) is 2.87. The molecule has 5 aliphatic heterocycles. The Morgan fingerprint density at radius 2 is 2.08 bits per heavy atom. The summed E-state index contributed by atoms with van der Waals surface area (Å²) in [6.45, 7) is 3.50. The highest BCUT2D eigenvalue weighted by Crippen LogP contribution is 2.73. The van der Waals surface area contributed by atoms with Gasteiger partial charge in [-0.15, -0.1) is 0 Å². The maximum atomic E-state index is 13.7. The van der Waals surface area contributed by atoms with Crippen LogP contribution in [0, 0.1) is 11.3 Å². The molecule has 208 valence electrons. The molecule has 1 aromatic carbocycles. The topological polar surface area (TPSA) is 71.5 Å². The molecule has 4 aliphatic carbocycles. The summed E-state index contributed by atoms with van der Waals surface area (Å²) in [5.74, 6) is 2.58. The van der Waals surface area contributed by atoms with Crippen molar-refractivity contribution < 1.29 is 24.1 Å². The number of fused-ring (bicyclic) bond motifs is 4. The van der Waals surface area contributed by atoms with E-state index >= 15 is 0 Å². The van der Waals surface area contributed by atoms with Crippen molar-refractivity contribution in [3.05, 3.63) is 34.9 Å². The second-order valence-corrected chi connectivity index (χ2v) is 13.9. The van der Waals surface area contributed by atoms with E-state index < -0.39 is 11.0 Å². The Balaban J connectivity index is 1.14. The van der Waals surface area contributed by atoms with Gasteiger partial charge >= 0.3 is 0 Å². The van der Waals surface area contributed by atoms with Crippen LogP contribution < -0.4 is 9.47 Å². The third-order valence-electron chi connectivity index (χ3n) is 12.4. The SMILES string of the molecule is COc1ccc2c3c1O[C@H]1[C@@]4(CC/C4=C\C(=O)N4CC5CCC4CO5)CC[C@@]4(O)[C@@H](C2)N(CC2CC2)CC[C@]314. The van der Waals surface area contributed by atoms with Crippen molar-refractivity contribution in [2.24, 2.45) is 11.3 Å². The van der Waals surface area contributed by atoms with Gasteiger partial charge in [-0.2, -0.15) is 0 Å². The molecule has 7 heteroatoms. The molecule has 4 bridgehead atoms.